The monoisotopic (exact) mass is 700 g/mol. The maximum Gasteiger partial charge on any atom is 0.343 e. The number of methoxy groups -OCH3 is 4. The normalized spacial score (nSPS) is 12.8. The largest absolute Gasteiger partial charge is 0.464 e. The van der Waals surface area contributed by atoms with Gasteiger partial charge < -0.3 is 51.8 Å². The van der Waals surface area contributed by atoms with Gasteiger partial charge in [0.2, 0.25) is 5.43 Å². The standard InChI is InChI=1S/C36H44O14/c1-36(2,3)10-11-44-12-13-45-35(39)31-30-28(16-29(49-20-42-6)34(31)50-21-43-7)46-17-25(33(30)38)23-9-8-22-14-26(47-18-40-4)27(48-19-41-5)15-24(22)32(23)37/h9,14-17H,8,10-13,18-21H2,1-7H3. The number of rotatable bonds is 19. The summed E-state index contributed by atoms with van der Waals surface area (Å²) in [4.78, 5) is 42.1. The van der Waals surface area contributed by atoms with Crippen LogP contribution in [0.5, 0.6) is 23.0 Å². The van der Waals surface area contributed by atoms with Gasteiger partial charge in [-0.1, -0.05) is 26.8 Å². The highest BCUT2D eigenvalue weighted by Crippen LogP contribution is 2.40. The van der Waals surface area contributed by atoms with E-state index in [4.69, 9.17) is 51.8 Å². The summed E-state index contributed by atoms with van der Waals surface area (Å²) in [7, 11) is 5.76. The molecular formula is C36H44O14. The summed E-state index contributed by atoms with van der Waals surface area (Å²) in [5, 5.41) is -0.177. The van der Waals surface area contributed by atoms with Crippen LogP contribution >= 0.6 is 0 Å². The molecule has 0 aliphatic heterocycles. The lowest BCUT2D eigenvalue weighted by atomic mass is 9.86. The fourth-order valence-electron chi connectivity index (χ4n) is 5.00. The molecule has 0 saturated heterocycles. The van der Waals surface area contributed by atoms with E-state index in [2.05, 4.69) is 20.8 Å². The van der Waals surface area contributed by atoms with Crippen molar-refractivity contribution in [3.8, 4) is 23.0 Å². The van der Waals surface area contributed by atoms with Gasteiger partial charge in [0.05, 0.1) is 17.6 Å². The number of benzene rings is 2. The molecule has 0 saturated carbocycles. The molecule has 14 nitrogen and oxygen atoms in total. The van der Waals surface area contributed by atoms with Crippen molar-refractivity contribution >= 4 is 28.3 Å². The molecule has 1 aliphatic rings. The van der Waals surface area contributed by atoms with Crippen LogP contribution in [0.3, 0.4) is 0 Å². The maximum absolute atomic E-state index is 14.3. The fraction of sp³-hybridized carbons (Fsp3) is 0.472. The van der Waals surface area contributed by atoms with E-state index in [0.717, 1.165) is 6.42 Å². The minimum atomic E-state index is -0.898. The lowest BCUT2D eigenvalue weighted by Crippen LogP contribution is -2.21. The van der Waals surface area contributed by atoms with Crippen molar-refractivity contribution in [1.29, 1.82) is 0 Å². The SMILES string of the molecule is COCOc1cc2c(cc1OCOC)C(=O)C(c1coc3cc(OCOC)c(OCOC)c(C(=O)OCCOCCC(C)(C)C)c3c1=O)=CC2. The van der Waals surface area contributed by atoms with Crippen LogP contribution < -0.4 is 24.4 Å². The molecule has 1 aromatic heterocycles. The second-order valence-corrected chi connectivity index (χ2v) is 12.3. The molecule has 0 atom stereocenters. The van der Waals surface area contributed by atoms with Crippen LogP contribution in [0.4, 0.5) is 0 Å². The number of esters is 1. The Hall–Kier alpha value is -4.47. The number of ether oxygens (including phenoxy) is 10. The molecule has 0 bridgehead atoms. The molecule has 2 aromatic carbocycles. The fourth-order valence-corrected chi connectivity index (χ4v) is 5.00. The van der Waals surface area contributed by atoms with E-state index in [9.17, 15) is 14.4 Å². The average Bonchev–Trinajstić information content (AvgIpc) is 3.09. The van der Waals surface area contributed by atoms with Crippen LogP contribution in [0, 0.1) is 5.41 Å². The number of fused-ring (bicyclic) bond motifs is 2. The summed E-state index contributed by atoms with van der Waals surface area (Å²) in [5.41, 5.74) is 0.0606. The molecular weight excluding hydrogens is 656 g/mol. The van der Waals surface area contributed by atoms with Gasteiger partial charge in [0.25, 0.3) is 0 Å². The third-order valence-electron chi connectivity index (χ3n) is 7.44. The number of hydrogen-bond acceptors (Lipinski definition) is 14. The van der Waals surface area contributed by atoms with Gasteiger partial charge in [0, 0.05) is 52.2 Å². The Bertz CT molecular complexity index is 1730. The third-order valence-corrected chi connectivity index (χ3v) is 7.44. The zero-order chi connectivity index (χ0) is 36.3. The maximum atomic E-state index is 14.3. The molecule has 4 rings (SSSR count). The highest BCUT2D eigenvalue weighted by atomic mass is 16.7. The first-order valence-electron chi connectivity index (χ1n) is 15.8. The smallest absolute Gasteiger partial charge is 0.343 e. The molecule has 50 heavy (non-hydrogen) atoms. The Morgan fingerprint density at radius 2 is 1.38 bits per heavy atom. The molecule has 0 spiro atoms. The molecule has 272 valence electrons. The highest BCUT2D eigenvalue weighted by Gasteiger charge is 2.31. The van der Waals surface area contributed by atoms with E-state index < -0.39 is 17.2 Å². The summed E-state index contributed by atoms with van der Waals surface area (Å²) in [5.74, 6) is -0.847. The van der Waals surface area contributed by atoms with Gasteiger partial charge in [0.15, 0.2) is 56.0 Å². The molecule has 1 aliphatic carbocycles. The van der Waals surface area contributed by atoms with Crippen LogP contribution in [-0.4, -0.2) is 87.2 Å². The molecule has 0 fully saturated rings. The second kappa shape index (κ2) is 18.0. The molecule has 0 N–H and O–H groups in total. The minimum Gasteiger partial charge on any atom is -0.464 e. The molecule has 14 heteroatoms. The molecule has 0 amide bonds. The Morgan fingerprint density at radius 3 is 2.02 bits per heavy atom. The third kappa shape index (κ3) is 9.40. The van der Waals surface area contributed by atoms with Crippen molar-refractivity contribution in [2.75, 3.05) is 75.4 Å². The van der Waals surface area contributed by atoms with Crippen LogP contribution in [0.2, 0.25) is 0 Å². The van der Waals surface area contributed by atoms with Crippen LogP contribution in [-0.2, 0) is 34.8 Å². The topological polar surface area (TPSA) is 157 Å². The predicted octanol–water partition coefficient (Wildman–Crippen LogP) is 5.16. The summed E-state index contributed by atoms with van der Waals surface area (Å²) in [6.07, 6.45) is 3.88. The Labute approximate surface area is 290 Å². The van der Waals surface area contributed by atoms with Gasteiger partial charge in [-0.15, -0.1) is 0 Å². The number of allylic oxidation sites excluding steroid dienone is 2. The molecule has 0 radical (unpaired) electrons. The van der Waals surface area contributed by atoms with Crippen molar-refractivity contribution in [2.24, 2.45) is 5.41 Å². The quantitative estimate of drug-likeness (QED) is 0.0918. The van der Waals surface area contributed by atoms with Gasteiger partial charge in [0.1, 0.15) is 24.0 Å². The van der Waals surface area contributed by atoms with E-state index >= 15 is 0 Å². The summed E-state index contributed by atoms with van der Waals surface area (Å²) < 4.78 is 60.1. The van der Waals surface area contributed by atoms with Crippen LogP contribution in [0.15, 0.2) is 39.7 Å². The van der Waals surface area contributed by atoms with Gasteiger partial charge in [-0.2, -0.15) is 0 Å². The lowest BCUT2D eigenvalue weighted by molar-refractivity contribution is 0.0232. The highest BCUT2D eigenvalue weighted by molar-refractivity contribution is 6.30. The number of carbonyl (C=O) groups excluding carboxylic acids is 2. The Balaban J connectivity index is 1.77. The predicted molar refractivity (Wildman–Crippen MR) is 180 cm³/mol. The zero-order valence-corrected chi connectivity index (χ0v) is 29.5. The van der Waals surface area contributed by atoms with E-state index in [-0.39, 0.29) is 103 Å². The Kier molecular flexibility index (Phi) is 13.8. The number of Topliss-reactive ketones (excluding diaryl/α,β-unsaturated/α-hetero) is 1. The van der Waals surface area contributed by atoms with Crippen molar-refractivity contribution in [2.45, 2.75) is 33.6 Å². The lowest BCUT2D eigenvalue weighted by Gasteiger charge is -2.20. The molecule has 3 aromatic rings. The first kappa shape index (κ1) is 38.3. The first-order chi connectivity index (χ1) is 24.0. The second-order valence-electron chi connectivity index (χ2n) is 12.3. The van der Waals surface area contributed by atoms with Crippen molar-refractivity contribution < 1.29 is 61.4 Å². The van der Waals surface area contributed by atoms with E-state index in [1.807, 2.05) is 0 Å². The number of carbonyl (C=O) groups is 2. The van der Waals surface area contributed by atoms with Crippen LogP contribution in [0.1, 0.15) is 59.0 Å². The summed E-state index contributed by atoms with van der Waals surface area (Å²) >= 11 is 0. The van der Waals surface area contributed by atoms with Crippen molar-refractivity contribution in [3.05, 3.63) is 63.0 Å². The van der Waals surface area contributed by atoms with Gasteiger partial charge in [-0.3, -0.25) is 9.59 Å². The summed E-state index contributed by atoms with van der Waals surface area (Å²) in [6.45, 7) is 6.16. The molecule has 0 unspecified atom stereocenters. The van der Waals surface area contributed by atoms with Gasteiger partial charge in [-0.05, 0) is 36.0 Å². The number of ketones is 1. The van der Waals surface area contributed by atoms with Crippen molar-refractivity contribution in [1.82, 2.24) is 0 Å². The molecule has 1 heterocycles. The van der Waals surface area contributed by atoms with E-state index in [1.54, 1.807) is 12.1 Å². The minimum absolute atomic E-state index is 0.0116. The zero-order valence-electron chi connectivity index (χ0n) is 29.5. The van der Waals surface area contributed by atoms with Crippen molar-refractivity contribution in [3.63, 3.8) is 0 Å². The number of hydrogen-bond donors (Lipinski definition) is 0. The summed E-state index contributed by atoms with van der Waals surface area (Å²) in [6, 6.07) is 4.60. The Morgan fingerprint density at radius 1 is 0.760 bits per heavy atom. The van der Waals surface area contributed by atoms with Gasteiger partial charge in [-0.25, -0.2) is 4.79 Å². The van der Waals surface area contributed by atoms with E-state index in [1.165, 1.54) is 46.8 Å². The van der Waals surface area contributed by atoms with Gasteiger partial charge >= 0.3 is 5.97 Å². The van der Waals surface area contributed by atoms with E-state index in [0.29, 0.717) is 17.9 Å². The van der Waals surface area contributed by atoms with Crippen LogP contribution in [0.25, 0.3) is 16.5 Å². The first-order valence-corrected chi connectivity index (χ1v) is 15.8. The average molecular weight is 701 g/mol.